The maximum Gasteiger partial charge on any atom is 0.106 e. The van der Waals surface area contributed by atoms with Gasteiger partial charge < -0.3 is 11.1 Å². The minimum atomic E-state index is 0.327. The van der Waals surface area contributed by atoms with Gasteiger partial charge in [-0.05, 0) is 36.6 Å². The van der Waals surface area contributed by atoms with Crippen LogP contribution in [0.15, 0.2) is 11.6 Å². The summed E-state index contributed by atoms with van der Waals surface area (Å²) in [6.45, 7) is 9.00. The van der Waals surface area contributed by atoms with E-state index in [9.17, 15) is 0 Å². The minimum Gasteiger partial charge on any atom is -0.327 e. The molecule has 0 spiro atoms. The number of hydrogen-bond acceptors (Lipinski definition) is 4. The lowest BCUT2D eigenvalue weighted by Gasteiger charge is -2.47. The van der Waals surface area contributed by atoms with Crippen molar-refractivity contribution in [3.8, 4) is 0 Å². The first-order valence-electron chi connectivity index (χ1n) is 6.86. The molecule has 3 atom stereocenters. The monoisotopic (exact) mass is 267 g/mol. The van der Waals surface area contributed by atoms with Gasteiger partial charge in [0.1, 0.15) is 5.01 Å². The normalized spacial score (nSPS) is 31.4. The average molecular weight is 267 g/mol. The molecule has 0 aliphatic heterocycles. The average Bonchev–Trinajstić information content (AvgIpc) is 2.83. The third-order valence-corrected chi connectivity index (χ3v) is 5.65. The van der Waals surface area contributed by atoms with Gasteiger partial charge in [-0.3, -0.25) is 0 Å². The van der Waals surface area contributed by atoms with Crippen LogP contribution in [0.3, 0.4) is 0 Å². The Morgan fingerprint density at radius 3 is 2.94 bits per heavy atom. The number of nitrogens with two attached hydrogens (primary N) is 1. The van der Waals surface area contributed by atoms with Crippen LogP contribution in [0.1, 0.15) is 38.6 Å². The molecule has 2 rings (SSSR count). The SMILES string of the molecule is CC1C(N)CCC(CNCc2nccs2)C1(C)C. The Labute approximate surface area is 114 Å². The van der Waals surface area contributed by atoms with Gasteiger partial charge in [-0.25, -0.2) is 4.98 Å². The number of nitrogens with zero attached hydrogens (tertiary/aromatic N) is 1. The Morgan fingerprint density at radius 2 is 2.28 bits per heavy atom. The predicted molar refractivity (Wildman–Crippen MR) is 77.5 cm³/mol. The zero-order chi connectivity index (χ0) is 13.2. The first-order chi connectivity index (χ1) is 8.51. The Balaban J connectivity index is 1.85. The molecule has 0 bridgehead atoms. The van der Waals surface area contributed by atoms with Crippen molar-refractivity contribution in [2.75, 3.05) is 6.54 Å². The molecule has 102 valence electrons. The van der Waals surface area contributed by atoms with E-state index in [2.05, 4.69) is 31.1 Å². The summed E-state index contributed by atoms with van der Waals surface area (Å²) in [4.78, 5) is 4.30. The Kier molecular flexibility index (Phi) is 4.41. The summed E-state index contributed by atoms with van der Waals surface area (Å²) >= 11 is 1.72. The smallest absolute Gasteiger partial charge is 0.106 e. The number of thiazole rings is 1. The molecule has 1 aromatic heterocycles. The van der Waals surface area contributed by atoms with E-state index in [0.29, 0.717) is 23.3 Å². The third-order valence-electron chi connectivity index (χ3n) is 4.87. The van der Waals surface area contributed by atoms with Crippen molar-refractivity contribution in [1.29, 1.82) is 0 Å². The van der Waals surface area contributed by atoms with Gasteiger partial charge >= 0.3 is 0 Å². The molecule has 1 aliphatic rings. The van der Waals surface area contributed by atoms with Crippen LogP contribution in [-0.2, 0) is 6.54 Å². The lowest BCUT2D eigenvalue weighted by Crippen LogP contribution is -2.49. The standard InChI is InChI=1S/C14H25N3S/c1-10-12(15)5-4-11(14(10,2)3)8-16-9-13-17-6-7-18-13/h6-7,10-12,16H,4-5,8-9,15H2,1-3H3. The Morgan fingerprint density at radius 1 is 1.50 bits per heavy atom. The fraction of sp³-hybridized carbons (Fsp3) is 0.786. The van der Waals surface area contributed by atoms with Gasteiger partial charge in [-0.2, -0.15) is 0 Å². The van der Waals surface area contributed by atoms with E-state index in [4.69, 9.17) is 5.73 Å². The maximum absolute atomic E-state index is 6.19. The van der Waals surface area contributed by atoms with Gasteiger partial charge in [0.25, 0.3) is 0 Å². The highest BCUT2D eigenvalue weighted by Crippen LogP contribution is 2.43. The molecule has 1 saturated carbocycles. The second-order valence-corrected chi connectivity index (χ2v) is 7.08. The summed E-state index contributed by atoms with van der Waals surface area (Å²) in [5.74, 6) is 1.31. The fourth-order valence-electron chi connectivity index (χ4n) is 3.00. The molecule has 1 heterocycles. The van der Waals surface area contributed by atoms with Crippen LogP contribution in [0.4, 0.5) is 0 Å². The minimum absolute atomic E-state index is 0.327. The molecular formula is C14H25N3S. The second kappa shape index (κ2) is 5.68. The van der Waals surface area contributed by atoms with E-state index in [0.717, 1.165) is 19.5 Å². The van der Waals surface area contributed by atoms with E-state index in [1.54, 1.807) is 11.3 Å². The van der Waals surface area contributed by atoms with Gasteiger partial charge in [0.2, 0.25) is 0 Å². The van der Waals surface area contributed by atoms with Gasteiger partial charge in [0.15, 0.2) is 0 Å². The highest BCUT2D eigenvalue weighted by Gasteiger charge is 2.41. The molecular weight excluding hydrogens is 242 g/mol. The van der Waals surface area contributed by atoms with Crippen LogP contribution in [0.5, 0.6) is 0 Å². The first kappa shape index (κ1) is 14.0. The fourth-order valence-corrected chi connectivity index (χ4v) is 3.58. The van der Waals surface area contributed by atoms with Crippen molar-refractivity contribution < 1.29 is 0 Å². The van der Waals surface area contributed by atoms with Crippen molar-refractivity contribution >= 4 is 11.3 Å². The molecule has 0 amide bonds. The molecule has 3 unspecified atom stereocenters. The van der Waals surface area contributed by atoms with Crippen molar-refractivity contribution in [2.45, 2.75) is 46.2 Å². The molecule has 0 saturated heterocycles. The summed E-state index contributed by atoms with van der Waals surface area (Å²) in [7, 11) is 0. The number of rotatable bonds is 4. The van der Waals surface area contributed by atoms with E-state index in [1.165, 1.54) is 11.4 Å². The molecule has 0 radical (unpaired) electrons. The largest absolute Gasteiger partial charge is 0.327 e. The summed E-state index contributed by atoms with van der Waals surface area (Å²) < 4.78 is 0. The highest BCUT2D eigenvalue weighted by atomic mass is 32.1. The molecule has 1 aromatic rings. The maximum atomic E-state index is 6.19. The predicted octanol–water partition coefficient (Wildman–Crippen LogP) is 2.63. The molecule has 3 nitrogen and oxygen atoms in total. The Bertz CT molecular complexity index is 361. The van der Waals surface area contributed by atoms with Crippen molar-refractivity contribution in [1.82, 2.24) is 10.3 Å². The summed E-state index contributed by atoms with van der Waals surface area (Å²) in [5.41, 5.74) is 6.52. The van der Waals surface area contributed by atoms with Gasteiger partial charge in [-0.1, -0.05) is 20.8 Å². The van der Waals surface area contributed by atoms with E-state index in [1.807, 2.05) is 11.6 Å². The van der Waals surface area contributed by atoms with Crippen LogP contribution >= 0.6 is 11.3 Å². The molecule has 3 N–H and O–H groups in total. The number of nitrogens with one attached hydrogen (secondary N) is 1. The number of hydrogen-bond donors (Lipinski definition) is 2. The molecule has 1 fully saturated rings. The Hall–Kier alpha value is -0.450. The number of aromatic nitrogens is 1. The van der Waals surface area contributed by atoms with Gasteiger partial charge in [0, 0.05) is 24.2 Å². The molecule has 4 heteroatoms. The molecule has 0 aromatic carbocycles. The lowest BCUT2D eigenvalue weighted by atomic mass is 9.61. The van der Waals surface area contributed by atoms with E-state index in [-0.39, 0.29) is 0 Å². The van der Waals surface area contributed by atoms with Gasteiger partial charge in [0.05, 0.1) is 0 Å². The summed E-state index contributed by atoms with van der Waals surface area (Å²) in [5, 5.41) is 6.76. The molecule has 1 aliphatic carbocycles. The van der Waals surface area contributed by atoms with Crippen molar-refractivity contribution in [3.05, 3.63) is 16.6 Å². The van der Waals surface area contributed by atoms with Gasteiger partial charge in [-0.15, -0.1) is 11.3 Å². The van der Waals surface area contributed by atoms with Crippen molar-refractivity contribution in [2.24, 2.45) is 23.0 Å². The van der Waals surface area contributed by atoms with E-state index < -0.39 is 0 Å². The lowest BCUT2D eigenvalue weighted by molar-refractivity contribution is 0.0539. The zero-order valence-electron chi connectivity index (χ0n) is 11.6. The van der Waals surface area contributed by atoms with Crippen LogP contribution in [-0.4, -0.2) is 17.6 Å². The van der Waals surface area contributed by atoms with Crippen molar-refractivity contribution in [3.63, 3.8) is 0 Å². The van der Waals surface area contributed by atoms with E-state index >= 15 is 0 Å². The first-order valence-corrected chi connectivity index (χ1v) is 7.74. The topological polar surface area (TPSA) is 50.9 Å². The third kappa shape index (κ3) is 2.92. The van der Waals surface area contributed by atoms with Crippen LogP contribution in [0, 0.1) is 17.3 Å². The van der Waals surface area contributed by atoms with Crippen LogP contribution in [0.2, 0.25) is 0 Å². The molecule has 18 heavy (non-hydrogen) atoms. The van der Waals surface area contributed by atoms with Crippen LogP contribution in [0.25, 0.3) is 0 Å². The zero-order valence-corrected chi connectivity index (χ0v) is 12.5. The second-order valence-electron chi connectivity index (χ2n) is 6.10. The summed E-state index contributed by atoms with van der Waals surface area (Å²) in [6, 6.07) is 0.371. The highest BCUT2D eigenvalue weighted by molar-refractivity contribution is 7.09. The van der Waals surface area contributed by atoms with Crippen LogP contribution < -0.4 is 11.1 Å². The quantitative estimate of drug-likeness (QED) is 0.881. The summed E-state index contributed by atoms with van der Waals surface area (Å²) in [6.07, 6.45) is 4.27.